The van der Waals surface area contributed by atoms with Gasteiger partial charge in [-0.15, -0.1) is 12.1 Å². The molecule has 162 valence electrons. The molecule has 0 fully saturated rings. The van der Waals surface area contributed by atoms with Crippen LogP contribution in [0.25, 0.3) is 21.3 Å². The van der Waals surface area contributed by atoms with Gasteiger partial charge < -0.3 is 21.3 Å². The minimum atomic E-state index is -4.23. The average Bonchev–Trinajstić information content (AvgIpc) is 2.52. The predicted molar refractivity (Wildman–Crippen MR) is 94.2 cm³/mol. The zero-order valence-corrected chi connectivity index (χ0v) is 19.9. The first-order valence-corrected chi connectivity index (χ1v) is 8.47. The fourth-order valence-corrected chi connectivity index (χ4v) is 1.92. The minimum Gasteiger partial charge on any atom is -0.663 e. The van der Waals surface area contributed by atoms with Crippen LogP contribution in [0.5, 0.6) is 0 Å². The van der Waals surface area contributed by atoms with Gasteiger partial charge in [0.15, 0.2) is 0 Å². The molecule has 0 saturated heterocycles. The molecule has 4 unspecified atom stereocenters. The van der Waals surface area contributed by atoms with Crippen LogP contribution in [0.15, 0.2) is 0 Å². The van der Waals surface area contributed by atoms with E-state index in [-0.39, 0.29) is 57.5 Å². The van der Waals surface area contributed by atoms with E-state index in [1.165, 1.54) is 14.1 Å². The van der Waals surface area contributed by atoms with E-state index in [4.69, 9.17) is 0 Å². The van der Waals surface area contributed by atoms with Crippen molar-refractivity contribution in [2.24, 2.45) is 0 Å². The van der Waals surface area contributed by atoms with Gasteiger partial charge in [-0.1, -0.05) is 40.5 Å². The van der Waals surface area contributed by atoms with Crippen molar-refractivity contribution in [1.82, 2.24) is 0 Å². The van der Waals surface area contributed by atoms with Crippen molar-refractivity contribution in [2.75, 3.05) is 27.2 Å². The summed E-state index contributed by atoms with van der Waals surface area (Å²) in [5.41, 5.74) is 0. The molecule has 0 rings (SSSR count). The third-order valence-electron chi connectivity index (χ3n) is 3.57. The average molecular weight is 458 g/mol. The second-order valence-corrected chi connectivity index (χ2v) is 5.80. The molecule has 0 spiro atoms. The molecule has 0 aliphatic carbocycles. The fourth-order valence-electron chi connectivity index (χ4n) is 1.92. The predicted octanol–water partition coefficient (Wildman–Crippen LogP) is 6.18. The van der Waals surface area contributed by atoms with E-state index in [1.54, 1.807) is 27.7 Å². The van der Waals surface area contributed by atoms with Gasteiger partial charge in [-0.05, 0) is 12.1 Å². The maximum absolute atomic E-state index is 12.3. The summed E-state index contributed by atoms with van der Waals surface area (Å²) in [7, 11) is 3.04. The molecule has 0 aromatic heterocycles. The normalized spacial score (nSPS) is 16.4. The second kappa shape index (κ2) is 15.9. The Morgan fingerprint density at radius 3 is 1.07 bits per heavy atom. The number of alkyl halides is 6. The standard InChI is InChI=1S/2C8H15F3N2.Zn/c2*1-4-13-7(8(9,10)11)5-6(2)12-3;/h2*6-7H,4-5H2,1-3H3;/q2*-2;. The van der Waals surface area contributed by atoms with Crippen LogP contribution in [0.1, 0.15) is 40.5 Å². The molecule has 0 aromatic rings. The van der Waals surface area contributed by atoms with E-state index in [2.05, 4.69) is 21.3 Å². The summed E-state index contributed by atoms with van der Waals surface area (Å²) < 4.78 is 73.6. The smallest absolute Gasteiger partial charge is 0.373 e. The molecule has 0 heterocycles. The van der Waals surface area contributed by atoms with Gasteiger partial charge >= 0.3 is 12.4 Å². The summed E-state index contributed by atoms with van der Waals surface area (Å²) in [6.45, 7) is 6.91. The largest absolute Gasteiger partial charge is 0.663 e. The fraction of sp³-hybridized carbons (Fsp3) is 1.00. The summed E-state index contributed by atoms with van der Waals surface area (Å²) in [5.74, 6) is 0. The van der Waals surface area contributed by atoms with Gasteiger partial charge in [0, 0.05) is 19.5 Å². The van der Waals surface area contributed by atoms with Crippen LogP contribution in [0.3, 0.4) is 0 Å². The molecule has 11 heteroatoms. The Morgan fingerprint density at radius 2 is 0.926 bits per heavy atom. The molecule has 0 N–H and O–H groups in total. The third kappa shape index (κ3) is 16.7. The van der Waals surface area contributed by atoms with Crippen LogP contribution >= 0.6 is 0 Å². The molecule has 0 radical (unpaired) electrons. The minimum absolute atomic E-state index is 0. The number of hydrogen-bond donors (Lipinski definition) is 0. The van der Waals surface area contributed by atoms with Crippen LogP contribution in [0.4, 0.5) is 26.3 Å². The molecule has 4 atom stereocenters. The van der Waals surface area contributed by atoms with Crippen LogP contribution in [-0.2, 0) is 19.5 Å². The van der Waals surface area contributed by atoms with Crippen molar-refractivity contribution in [1.29, 1.82) is 0 Å². The van der Waals surface area contributed by atoms with Crippen LogP contribution < -0.4 is 0 Å². The Kier molecular flexibility index (Phi) is 18.7. The van der Waals surface area contributed by atoms with Gasteiger partial charge in [-0.2, -0.15) is 53.5 Å². The topological polar surface area (TPSA) is 56.4 Å². The maximum atomic E-state index is 12.3. The van der Waals surface area contributed by atoms with E-state index in [0.717, 1.165) is 0 Å². The Hall–Kier alpha value is 0.0434. The number of halogens is 6. The number of rotatable bonds is 10. The summed E-state index contributed by atoms with van der Waals surface area (Å²) in [5, 5.41) is 14.5. The second-order valence-electron chi connectivity index (χ2n) is 5.80. The maximum Gasteiger partial charge on any atom is 0.373 e. The van der Waals surface area contributed by atoms with Gasteiger partial charge in [0.05, 0.1) is 0 Å². The molecule has 0 saturated carbocycles. The Labute approximate surface area is 171 Å². The molecular weight excluding hydrogens is 428 g/mol. The third-order valence-corrected chi connectivity index (χ3v) is 3.57. The van der Waals surface area contributed by atoms with Crippen molar-refractivity contribution >= 4 is 0 Å². The van der Waals surface area contributed by atoms with E-state index < -0.39 is 24.4 Å². The molecular formula is C16H30F6N4Zn-4. The Balaban J connectivity index is -0.000000411. The zero-order valence-electron chi connectivity index (χ0n) is 16.9. The summed E-state index contributed by atoms with van der Waals surface area (Å²) in [4.78, 5) is 0. The van der Waals surface area contributed by atoms with Gasteiger partial charge in [0.1, 0.15) is 0 Å². The van der Waals surface area contributed by atoms with E-state index >= 15 is 0 Å². The van der Waals surface area contributed by atoms with Crippen molar-refractivity contribution in [3.63, 3.8) is 0 Å². The zero-order chi connectivity index (χ0) is 21.0. The van der Waals surface area contributed by atoms with Crippen molar-refractivity contribution in [2.45, 2.75) is 77.1 Å². The molecule has 0 aromatic carbocycles. The van der Waals surface area contributed by atoms with Gasteiger partial charge in [0.25, 0.3) is 0 Å². The molecule has 0 bridgehead atoms. The SMILES string of the molecule is CC[N-]C(CC(C)[N-]C)C(F)(F)F.CC[N-]C(CC(C)[N-]C)C(F)(F)F.[Zn]. The van der Waals surface area contributed by atoms with E-state index in [9.17, 15) is 26.3 Å². The first kappa shape index (κ1) is 31.7. The monoisotopic (exact) mass is 456 g/mol. The summed E-state index contributed by atoms with van der Waals surface area (Å²) >= 11 is 0. The molecule has 0 aliphatic heterocycles. The van der Waals surface area contributed by atoms with Gasteiger partial charge in [-0.3, -0.25) is 0 Å². The van der Waals surface area contributed by atoms with Crippen LogP contribution in [0, 0.1) is 0 Å². The first-order valence-electron chi connectivity index (χ1n) is 8.47. The summed E-state index contributed by atoms with van der Waals surface area (Å²) in [6, 6.07) is -3.70. The Morgan fingerprint density at radius 1 is 0.667 bits per heavy atom. The van der Waals surface area contributed by atoms with E-state index in [0.29, 0.717) is 0 Å². The van der Waals surface area contributed by atoms with Crippen molar-refractivity contribution in [3.8, 4) is 0 Å². The quantitative estimate of drug-likeness (QED) is 0.278. The summed E-state index contributed by atoms with van der Waals surface area (Å²) in [6.07, 6.45) is -8.55. The Bertz CT molecular complexity index is 310. The van der Waals surface area contributed by atoms with Crippen molar-refractivity contribution in [3.05, 3.63) is 21.3 Å². The number of hydrogen-bond acceptors (Lipinski definition) is 0. The number of nitrogens with zero attached hydrogens (tertiary/aromatic N) is 4. The molecule has 0 aliphatic rings. The van der Waals surface area contributed by atoms with Crippen molar-refractivity contribution < 1.29 is 45.8 Å². The van der Waals surface area contributed by atoms with E-state index in [1.807, 2.05) is 0 Å². The first-order chi connectivity index (χ1) is 11.8. The van der Waals surface area contributed by atoms with Crippen LogP contribution in [-0.4, -0.2) is 63.7 Å². The van der Waals surface area contributed by atoms with Crippen LogP contribution in [0.2, 0.25) is 0 Å². The van der Waals surface area contributed by atoms with Gasteiger partial charge in [-0.25, -0.2) is 0 Å². The molecule has 0 amide bonds. The molecule has 4 nitrogen and oxygen atoms in total. The van der Waals surface area contributed by atoms with Gasteiger partial charge in [0.2, 0.25) is 0 Å². The molecule has 27 heavy (non-hydrogen) atoms.